The Morgan fingerprint density at radius 2 is 2.10 bits per heavy atom. The van der Waals surface area contributed by atoms with Crippen LogP contribution in [0.25, 0.3) is 0 Å². The fourth-order valence-corrected chi connectivity index (χ4v) is 3.65. The number of hydrogen-bond acceptors (Lipinski definition) is 5. The summed E-state index contributed by atoms with van der Waals surface area (Å²) in [5.41, 5.74) is 3.20. The first-order chi connectivity index (χ1) is 9.53. The van der Waals surface area contributed by atoms with Gasteiger partial charge in [-0.15, -0.1) is 11.3 Å². The summed E-state index contributed by atoms with van der Waals surface area (Å²) >= 11 is 1.74. The molecule has 1 unspecified atom stereocenters. The topological polar surface area (TPSA) is 52.0 Å². The summed E-state index contributed by atoms with van der Waals surface area (Å²) in [4.78, 5) is 6.05. The van der Waals surface area contributed by atoms with Crippen molar-refractivity contribution < 1.29 is 4.74 Å². The van der Waals surface area contributed by atoms with Gasteiger partial charge in [-0.05, 0) is 27.3 Å². The standard InChI is InChI=1S/C14H22N4OS/c1-7-10-9(3)20-13(16-10)12(15-4)11-8(2)17-18(5)14(11)19-6/h12,15H,7H2,1-6H3. The zero-order valence-electron chi connectivity index (χ0n) is 12.9. The largest absolute Gasteiger partial charge is 0.481 e. The van der Waals surface area contributed by atoms with Crippen molar-refractivity contribution >= 4 is 11.3 Å². The predicted molar refractivity (Wildman–Crippen MR) is 81.6 cm³/mol. The van der Waals surface area contributed by atoms with E-state index in [2.05, 4.69) is 24.3 Å². The van der Waals surface area contributed by atoms with Crippen LogP contribution in [0.3, 0.4) is 0 Å². The van der Waals surface area contributed by atoms with Gasteiger partial charge in [0.05, 0.1) is 30.1 Å². The Kier molecular flexibility index (Phi) is 4.45. The number of hydrogen-bond donors (Lipinski definition) is 1. The van der Waals surface area contributed by atoms with Gasteiger partial charge < -0.3 is 10.1 Å². The van der Waals surface area contributed by atoms with Crippen molar-refractivity contribution in [1.29, 1.82) is 0 Å². The van der Waals surface area contributed by atoms with E-state index in [1.807, 2.05) is 21.0 Å². The third kappa shape index (κ3) is 2.45. The van der Waals surface area contributed by atoms with E-state index in [4.69, 9.17) is 9.72 Å². The van der Waals surface area contributed by atoms with Crippen molar-refractivity contribution in [3.63, 3.8) is 0 Å². The number of aryl methyl sites for hydroxylation is 4. The minimum atomic E-state index is 0.0163. The number of nitrogens with one attached hydrogen (secondary N) is 1. The molecule has 6 heteroatoms. The monoisotopic (exact) mass is 294 g/mol. The van der Waals surface area contributed by atoms with Gasteiger partial charge in [-0.3, -0.25) is 0 Å². The van der Waals surface area contributed by atoms with Crippen LogP contribution in [0.4, 0.5) is 0 Å². The first-order valence-corrected chi connectivity index (χ1v) is 7.56. The van der Waals surface area contributed by atoms with Gasteiger partial charge >= 0.3 is 0 Å². The molecule has 20 heavy (non-hydrogen) atoms. The lowest BCUT2D eigenvalue weighted by atomic mass is 10.1. The predicted octanol–water partition coefficient (Wildman–Crippen LogP) is 2.37. The normalized spacial score (nSPS) is 12.7. The molecule has 0 amide bonds. The van der Waals surface area contributed by atoms with Gasteiger partial charge in [-0.2, -0.15) is 5.10 Å². The van der Waals surface area contributed by atoms with Crippen LogP contribution < -0.4 is 10.1 Å². The van der Waals surface area contributed by atoms with E-state index in [0.29, 0.717) is 0 Å². The molecule has 2 aromatic rings. The summed E-state index contributed by atoms with van der Waals surface area (Å²) in [6.07, 6.45) is 0.960. The smallest absolute Gasteiger partial charge is 0.216 e. The lowest BCUT2D eigenvalue weighted by Gasteiger charge is -2.15. The van der Waals surface area contributed by atoms with Gasteiger partial charge in [0.15, 0.2) is 0 Å². The number of methoxy groups -OCH3 is 1. The molecule has 0 saturated carbocycles. The number of nitrogens with zero attached hydrogens (tertiary/aromatic N) is 3. The van der Waals surface area contributed by atoms with Gasteiger partial charge in [0.1, 0.15) is 5.01 Å². The lowest BCUT2D eigenvalue weighted by molar-refractivity contribution is 0.366. The Balaban J connectivity index is 2.52. The quantitative estimate of drug-likeness (QED) is 0.920. The molecule has 0 aromatic carbocycles. The van der Waals surface area contributed by atoms with E-state index in [-0.39, 0.29) is 6.04 Å². The van der Waals surface area contributed by atoms with Crippen molar-refractivity contribution in [2.24, 2.45) is 7.05 Å². The molecule has 0 saturated heterocycles. The van der Waals surface area contributed by atoms with E-state index >= 15 is 0 Å². The molecular formula is C14H22N4OS. The third-order valence-electron chi connectivity index (χ3n) is 3.48. The SMILES string of the molecule is CCc1nc(C(NC)c2c(C)nn(C)c2OC)sc1C. The molecule has 1 atom stereocenters. The van der Waals surface area contributed by atoms with Crippen LogP contribution in [-0.2, 0) is 13.5 Å². The van der Waals surface area contributed by atoms with Crippen LogP contribution in [0.2, 0.25) is 0 Å². The van der Waals surface area contributed by atoms with Gasteiger partial charge in [0.2, 0.25) is 5.88 Å². The van der Waals surface area contributed by atoms with Crippen LogP contribution >= 0.6 is 11.3 Å². The van der Waals surface area contributed by atoms with E-state index in [9.17, 15) is 0 Å². The molecule has 0 bridgehead atoms. The molecule has 2 aromatic heterocycles. The number of rotatable bonds is 5. The molecule has 0 aliphatic carbocycles. The highest BCUT2D eigenvalue weighted by Gasteiger charge is 2.26. The summed E-state index contributed by atoms with van der Waals surface area (Å²) in [6, 6.07) is 0.0163. The van der Waals surface area contributed by atoms with Gasteiger partial charge in [0.25, 0.3) is 0 Å². The van der Waals surface area contributed by atoms with E-state index in [1.54, 1.807) is 23.1 Å². The van der Waals surface area contributed by atoms with Crippen LogP contribution in [0.15, 0.2) is 0 Å². The summed E-state index contributed by atoms with van der Waals surface area (Å²) in [7, 11) is 5.52. The van der Waals surface area contributed by atoms with Crippen LogP contribution in [0.5, 0.6) is 5.88 Å². The third-order valence-corrected chi connectivity index (χ3v) is 4.55. The summed E-state index contributed by atoms with van der Waals surface area (Å²) in [6.45, 7) is 6.26. The molecule has 110 valence electrons. The highest BCUT2D eigenvalue weighted by atomic mass is 32.1. The van der Waals surface area contributed by atoms with Gasteiger partial charge in [0, 0.05) is 11.9 Å². The summed E-state index contributed by atoms with van der Waals surface area (Å²) < 4.78 is 7.28. The van der Waals surface area contributed by atoms with Crippen LogP contribution in [0, 0.1) is 13.8 Å². The first-order valence-electron chi connectivity index (χ1n) is 6.74. The summed E-state index contributed by atoms with van der Waals surface area (Å²) in [5.74, 6) is 0.785. The Labute approximate surface area is 124 Å². The van der Waals surface area contributed by atoms with Gasteiger partial charge in [-0.25, -0.2) is 9.67 Å². The van der Waals surface area contributed by atoms with Crippen molar-refractivity contribution in [2.45, 2.75) is 33.2 Å². The fourth-order valence-electron chi connectivity index (χ4n) is 2.52. The van der Waals surface area contributed by atoms with E-state index in [0.717, 1.165) is 28.6 Å². The van der Waals surface area contributed by atoms with Crippen LogP contribution in [0.1, 0.15) is 39.8 Å². The van der Waals surface area contributed by atoms with Crippen LogP contribution in [-0.4, -0.2) is 28.9 Å². The van der Waals surface area contributed by atoms with Gasteiger partial charge in [-0.1, -0.05) is 6.92 Å². The maximum Gasteiger partial charge on any atom is 0.216 e. The zero-order chi connectivity index (χ0) is 14.9. The van der Waals surface area contributed by atoms with Crippen molar-refractivity contribution in [1.82, 2.24) is 20.1 Å². The highest BCUT2D eigenvalue weighted by Crippen LogP contribution is 2.34. The average molecular weight is 294 g/mol. The van der Waals surface area contributed by atoms with E-state index in [1.165, 1.54) is 10.6 Å². The molecule has 2 heterocycles. The Bertz CT molecular complexity index is 603. The molecule has 2 rings (SSSR count). The number of thiazole rings is 1. The number of ether oxygens (including phenoxy) is 1. The second-order valence-corrected chi connectivity index (χ2v) is 6.00. The molecule has 0 fully saturated rings. The molecule has 0 aliphatic rings. The van der Waals surface area contributed by atoms with Crippen molar-refractivity contribution in [3.05, 3.63) is 26.8 Å². The van der Waals surface area contributed by atoms with E-state index < -0.39 is 0 Å². The molecule has 0 aliphatic heterocycles. The molecule has 1 N–H and O–H groups in total. The molecule has 0 radical (unpaired) electrons. The second kappa shape index (κ2) is 5.93. The minimum absolute atomic E-state index is 0.0163. The molecule has 0 spiro atoms. The second-order valence-electron chi connectivity index (χ2n) is 4.76. The maximum absolute atomic E-state index is 5.50. The maximum atomic E-state index is 5.50. The Morgan fingerprint density at radius 1 is 1.40 bits per heavy atom. The van der Waals surface area contributed by atoms with Crippen molar-refractivity contribution in [2.75, 3.05) is 14.2 Å². The summed E-state index contributed by atoms with van der Waals surface area (Å²) in [5, 5.41) is 8.86. The Morgan fingerprint density at radius 3 is 2.60 bits per heavy atom. The fraction of sp³-hybridized carbons (Fsp3) is 0.571. The first kappa shape index (κ1) is 15.0. The average Bonchev–Trinajstić information content (AvgIpc) is 2.91. The van der Waals surface area contributed by atoms with Crippen molar-refractivity contribution in [3.8, 4) is 5.88 Å². The highest BCUT2D eigenvalue weighted by molar-refractivity contribution is 7.11. The molecular weight excluding hydrogens is 272 g/mol. The minimum Gasteiger partial charge on any atom is -0.481 e. The lowest BCUT2D eigenvalue weighted by Crippen LogP contribution is -2.19. The molecule has 5 nitrogen and oxygen atoms in total. The zero-order valence-corrected chi connectivity index (χ0v) is 13.8. The Hall–Kier alpha value is -1.40. The number of aromatic nitrogens is 3.